The van der Waals surface area contributed by atoms with Crippen molar-refractivity contribution < 1.29 is 58.0 Å². The first-order valence-corrected chi connectivity index (χ1v) is 22.9. The van der Waals surface area contributed by atoms with E-state index >= 15 is 0 Å². The molecule has 12 nitrogen and oxygen atoms in total. The molecule has 0 aliphatic heterocycles. The van der Waals surface area contributed by atoms with Gasteiger partial charge in [0.2, 0.25) is 0 Å². The van der Waals surface area contributed by atoms with E-state index in [0.717, 1.165) is 44.9 Å². The number of hydrogen-bond acceptors (Lipinski definition) is 11. The van der Waals surface area contributed by atoms with Crippen molar-refractivity contribution in [2.24, 2.45) is 0 Å². The SMILES string of the molecule is CC/C=C\C[C@@H](O)/C=C/C=C\C=C\[C@@H](O)C/C=C\C/C=C\CCC(=O)OC[C@H](COP(=O)(O)OC[C@@H](O)CO)OC(=O)CCCCCCC/C=C\C=C/CCCCCC. The van der Waals surface area contributed by atoms with Crippen LogP contribution < -0.4 is 0 Å². The van der Waals surface area contributed by atoms with Crippen LogP contribution in [0.2, 0.25) is 0 Å². The van der Waals surface area contributed by atoms with E-state index in [0.29, 0.717) is 32.1 Å². The number of esters is 2. The number of aliphatic hydroxyl groups excluding tert-OH is 4. The zero-order valence-corrected chi connectivity index (χ0v) is 36.5. The second-order valence-electron chi connectivity index (χ2n) is 14.1. The van der Waals surface area contributed by atoms with Gasteiger partial charge < -0.3 is 34.8 Å². The molecule has 0 aromatic heterocycles. The van der Waals surface area contributed by atoms with E-state index in [1.807, 2.05) is 43.4 Å². The largest absolute Gasteiger partial charge is 0.472 e. The van der Waals surface area contributed by atoms with E-state index in [9.17, 15) is 34.4 Å². The van der Waals surface area contributed by atoms with Crippen LogP contribution in [0.25, 0.3) is 0 Å². The fraction of sp³-hybridized carbons (Fsp3) is 0.609. The highest BCUT2D eigenvalue weighted by Gasteiger charge is 2.27. The Kier molecular flexibility index (Phi) is 38.1. The standard InChI is InChI=1S/C46H75O12P/c1-3-5-7-8-9-10-11-12-13-14-15-16-17-22-30-36-46(52)58-44(40-57-59(53,54)56-38-43(50)37-47)39-55-45(51)35-29-21-19-18-20-26-32-42(49)34-28-24-23-27-33-41(48)31-25-6-4-2/h6,10-13,19-21,23-28,33-34,41-44,47-50H,3-5,7-9,14-18,22,29-32,35-40H2,1-2H3,(H,53,54)/b11-10-,13-12-,21-19-,24-23-,25-6-,26-20-,33-27+,34-28+/t41-,42+,43+,44-/m1/s1. The smallest absolute Gasteiger partial charge is 0.462 e. The summed E-state index contributed by atoms with van der Waals surface area (Å²) in [6, 6.07) is 0. The third-order valence-corrected chi connectivity index (χ3v) is 9.38. The van der Waals surface area contributed by atoms with Crippen LogP contribution in [0.5, 0.6) is 0 Å². The van der Waals surface area contributed by atoms with Crippen LogP contribution >= 0.6 is 7.82 Å². The van der Waals surface area contributed by atoms with Crippen molar-refractivity contribution in [2.45, 2.75) is 154 Å². The fourth-order valence-electron chi connectivity index (χ4n) is 5.07. The number of carbonyl (C=O) groups excluding carboxylic acids is 2. The molecule has 13 heteroatoms. The van der Waals surface area contributed by atoms with Gasteiger partial charge in [-0.05, 0) is 64.2 Å². The summed E-state index contributed by atoms with van der Waals surface area (Å²) < 4.78 is 32.5. The highest BCUT2D eigenvalue weighted by Crippen LogP contribution is 2.43. The summed E-state index contributed by atoms with van der Waals surface area (Å²) in [5.74, 6) is -1.12. The molecule has 0 heterocycles. The van der Waals surface area contributed by atoms with Crippen molar-refractivity contribution in [3.05, 3.63) is 97.2 Å². The summed E-state index contributed by atoms with van der Waals surface area (Å²) in [6.45, 7) is 1.92. The molecule has 336 valence electrons. The number of phosphoric ester groups is 1. The van der Waals surface area contributed by atoms with Crippen LogP contribution in [0.3, 0.4) is 0 Å². The van der Waals surface area contributed by atoms with Crippen LogP contribution in [0.1, 0.15) is 129 Å². The van der Waals surface area contributed by atoms with E-state index in [4.69, 9.17) is 19.1 Å². The van der Waals surface area contributed by atoms with Crippen LogP contribution in [0.4, 0.5) is 0 Å². The van der Waals surface area contributed by atoms with E-state index in [2.05, 4.69) is 35.8 Å². The number of allylic oxidation sites excluding steroid dienone is 12. The maximum Gasteiger partial charge on any atom is 0.472 e. The van der Waals surface area contributed by atoms with Crippen molar-refractivity contribution >= 4 is 19.8 Å². The monoisotopic (exact) mass is 850 g/mol. The molecule has 0 aliphatic carbocycles. The normalized spacial score (nSPS) is 15.8. The van der Waals surface area contributed by atoms with Crippen LogP contribution in [-0.2, 0) is 32.7 Å². The third-order valence-electron chi connectivity index (χ3n) is 8.43. The molecule has 0 spiro atoms. The highest BCUT2D eigenvalue weighted by atomic mass is 31.2. The van der Waals surface area contributed by atoms with Gasteiger partial charge in [0.15, 0.2) is 6.10 Å². The second kappa shape index (κ2) is 40.2. The Balaban J connectivity index is 4.59. The summed E-state index contributed by atoms with van der Waals surface area (Å²) in [4.78, 5) is 34.9. The average Bonchev–Trinajstić information content (AvgIpc) is 3.21. The first kappa shape index (κ1) is 55.8. The predicted molar refractivity (Wildman–Crippen MR) is 235 cm³/mol. The van der Waals surface area contributed by atoms with Gasteiger partial charge in [0.25, 0.3) is 0 Å². The number of aliphatic hydroxyl groups is 4. The number of ether oxygens (including phenoxy) is 2. The third kappa shape index (κ3) is 40.0. The Hall–Kier alpha value is -3.19. The Labute approximate surface area is 354 Å². The Morgan fingerprint density at radius 1 is 0.593 bits per heavy atom. The zero-order valence-electron chi connectivity index (χ0n) is 35.6. The van der Waals surface area contributed by atoms with Crippen molar-refractivity contribution in [3.63, 3.8) is 0 Å². The van der Waals surface area contributed by atoms with Gasteiger partial charge in [0, 0.05) is 12.8 Å². The minimum Gasteiger partial charge on any atom is -0.462 e. The first-order valence-electron chi connectivity index (χ1n) is 21.4. The molecule has 0 aromatic carbocycles. The van der Waals surface area contributed by atoms with Gasteiger partial charge in [-0.15, -0.1) is 0 Å². The van der Waals surface area contributed by atoms with Crippen molar-refractivity contribution in [3.8, 4) is 0 Å². The molecule has 0 fully saturated rings. The van der Waals surface area contributed by atoms with Crippen LogP contribution in [-0.4, -0.2) is 88.1 Å². The maximum absolute atomic E-state index is 12.6. The molecule has 1 unspecified atom stereocenters. The van der Waals surface area contributed by atoms with Gasteiger partial charge in [0.05, 0.1) is 32.0 Å². The van der Waals surface area contributed by atoms with Crippen molar-refractivity contribution in [1.82, 2.24) is 0 Å². The quantitative estimate of drug-likeness (QED) is 0.0130. The van der Waals surface area contributed by atoms with Gasteiger partial charge in [-0.1, -0.05) is 150 Å². The van der Waals surface area contributed by atoms with Crippen LogP contribution in [0, 0.1) is 0 Å². The van der Waals surface area contributed by atoms with E-state index in [1.54, 1.807) is 36.5 Å². The Morgan fingerprint density at radius 2 is 1.17 bits per heavy atom. The Morgan fingerprint density at radius 3 is 1.80 bits per heavy atom. The summed E-state index contributed by atoms with van der Waals surface area (Å²) >= 11 is 0. The van der Waals surface area contributed by atoms with Crippen molar-refractivity contribution in [2.75, 3.05) is 26.4 Å². The van der Waals surface area contributed by atoms with Gasteiger partial charge in [-0.3, -0.25) is 18.6 Å². The number of hydrogen-bond donors (Lipinski definition) is 5. The predicted octanol–water partition coefficient (Wildman–Crippen LogP) is 9.16. The maximum atomic E-state index is 12.6. The lowest BCUT2D eigenvalue weighted by Gasteiger charge is -2.20. The average molecular weight is 851 g/mol. The zero-order chi connectivity index (χ0) is 43.7. The lowest BCUT2D eigenvalue weighted by molar-refractivity contribution is -0.161. The van der Waals surface area contributed by atoms with E-state index in [-0.39, 0.29) is 12.8 Å². The molecule has 0 rings (SSSR count). The number of phosphoric acid groups is 1. The molecule has 0 saturated carbocycles. The minimum absolute atomic E-state index is 0.0507. The highest BCUT2D eigenvalue weighted by molar-refractivity contribution is 7.47. The Bertz CT molecular complexity index is 1330. The molecule has 0 saturated heterocycles. The topological polar surface area (TPSA) is 189 Å². The molecule has 5 N–H and O–H groups in total. The molecule has 0 bridgehead atoms. The number of unbranched alkanes of at least 4 members (excludes halogenated alkanes) is 9. The van der Waals surface area contributed by atoms with Gasteiger partial charge in [0.1, 0.15) is 12.7 Å². The number of carbonyl (C=O) groups is 2. The molecular weight excluding hydrogens is 775 g/mol. The summed E-state index contributed by atoms with van der Waals surface area (Å²) in [7, 11) is -4.67. The molecule has 0 radical (unpaired) electrons. The molecule has 0 aliphatic rings. The summed E-state index contributed by atoms with van der Waals surface area (Å²) in [6.07, 6.45) is 41.6. The van der Waals surface area contributed by atoms with Crippen molar-refractivity contribution in [1.29, 1.82) is 0 Å². The molecule has 59 heavy (non-hydrogen) atoms. The van der Waals surface area contributed by atoms with E-state index in [1.165, 1.54) is 25.7 Å². The molecular formula is C46H75O12P. The fourth-order valence-corrected chi connectivity index (χ4v) is 5.85. The van der Waals surface area contributed by atoms with Gasteiger partial charge in [-0.25, -0.2) is 4.57 Å². The molecule has 5 atom stereocenters. The van der Waals surface area contributed by atoms with E-state index < -0.39 is 70.6 Å². The first-order chi connectivity index (χ1) is 28.5. The summed E-state index contributed by atoms with van der Waals surface area (Å²) in [5, 5.41) is 38.3. The number of rotatable bonds is 38. The summed E-state index contributed by atoms with van der Waals surface area (Å²) in [5.41, 5.74) is 0. The minimum atomic E-state index is -4.67. The molecule has 0 aromatic rings. The lowest BCUT2D eigenvalue weighted by atomic mass is 10.1. The van der Waals surface area contributed by atoms with Gasteiger partial charge in [-0.2, -0.15) is 0 Å². The lowest BCUT2D eigenvalue weighted by Crippen LogP contribution is -2.29. The van der Waals surface area contributed by atoms with Crippen LogP contribution in [0.15, 0.2) is 97.2 Å². The van der Waals surface area contributed by atoms with Gasteiger partial charge >= 0.3 is 19.8 Å². The molecule has 0 amide bonds. The second-order valence-corrected chi connectivity index (χ2v) is 15.5.